The molecule has 0 heterocycles. The quantitative estimate of drug-likeness (QED) is 0.660. The second kappa shape index (κ2) is 3.27. The molecule has 0 aromatic carbocycles. The molecule has 4 rings (SSSR count). The highest BCUT2D eigenvalue weighted by Gasteiger charge is 2.68. The van der Waals surface area contributed by atoms with E-state index in [9.17, 15) is 0 Å². The fraction of sp³-hybridized carbons (Fsp3) is 1.00. The molecule has 0 saturated heterocycles. The Bertz CT molecular complexity index is 268. The SMILES string of the molecule is CCC(C)[C@H]1C[C@H]2[C@H]1C1C(C3CCC3)C[C@H]12. The highest BCUT2D eigenvalue weighted by Crippen LogP contribution is 2.74. The van der Waals surface area contributed by atoms with Gasteiger partial charge in [0, 0.05) is 0 Å². The van der Waals surface area contributed by atoms with E-state index in [2.05, 4.69) is 13.8 Å². The summed E-state index contributed by atoms with van der Waals surface area (Å²) in [6.45, 7) is 4.89. The molecule has 90 valence electrons. The van der Waals surface area contributed by atoms with Gasteiger partial charge in [-0.3, -0.25) is 0 Å². The van der Waals surface area contributed by atoms with Crippen molar-refractivity contribution in [3.63, 3.8) is 0 Å². The number of hydrogen-bond acceptors (Lipinski definition) is 0. The summed E-state index contributed by atoms with van der Waals surface area (Å²) in [4.78, 5) is 0. The highest BCUT2D eigenvalue weighted by atomic mass is 14.7. The first kappa shape index (κ1) is 9.97. The van der Waals surface area contributed by atoms with Crippen LogP contribution in [-0.4, -0.2) is 0 Å². The number of hydrogen-bond donors (Lipinski definition) is 0. The average Bonchev–Trinajstić information content (AvgIpc) is 2.18. The zero-order chi connectivity index (χ0) is 10.9. The molecule has 4 fully saturated rings. The molecule has 0 heteroatoms. The third-order valence-corrected chi connectivity index (χ3v) is 7.19. The van der Waals surface area contributed by atoms with E-state index in [-0.39, 0.29) is 0 Å². The van der Waals surface area contributed by atoms with E-state index in [0.29, 0.717) is 0 Å². The molecule has 0 radical (unpaired) electrons. The summed E-state index contributed by atoms with van der Waals surface area (Å²) in [7, 11) is 0. The van der Waals surface area contributed by atoms with E-state index in [1.807, 2.05) is 0 Å². The van der Waals surface area contributed by atoms with Crippen molar-refractivity contribution in [3.8, 4) is 0 Å². The Morgan fingerprint density at radius 2 is 1.75 bits per heavy atom. The van der Waals surface area contributed by atoms with Crippen LogP contribution in [0.25, 0.3) is 0 Å². The zero-order valence-electron chi connectivity index (χ0n) is 10.9. The molecule has 0 amide bonds. The van der Waals surface area contributed by atoms with Crippen LogP contribution in [0.15, 0.2) is 0 Å². The van der Waals surface area contributed by atoms with E-state index >= 15 is 0 Å². The van der Waals surface area contributed by atoms with Gasteiger partial charge >= 0.3 is 0 Å². The topological polar surface area (TPSA) is 0 Å². The van der Waals surface area contributed by atoms with Crippen LogP contribution >= 0.6 is 0 Å². The molecule has 0 aliphatic heterocycles. The van der Waals surface area contributed by atoms with E-state index < -0.39 is 0 Å². The minimum atomic E-state index is 1.02. The molecule has 4 saturated carbocycles. The first-order chi connectivity index (χ1) is 7.81. The second-order valence-electron chi connectivity index (χ2n) is 7.36. The van der Waals surface area contributed by atoms with Crippen LogP contribution in [-0.2, 0) is 0 Å². The van der Waals surface area contributed by atoms with Gasteiger partial charge in [-0.05, 0) is 60.2 Å². The fourth-order valence-electron chi connectivity index (χ4n) is 5.71. The van der Waals surface area contributed by atoms with Gasteiger partial charge in [0.15, 0.2) is 0 Å². The Balaban J connectivity index is 1.42. The minimum Gasteiger partial charge on any atom is -0.0651 e. The predicted octanol–water partition coefficient (Wildman–Crippen LogP) is 4.35. The maximum atomic E-state index is 2.51. The van der Waals surface area contributed by atoms with Gasteiger partial charge in [0.1, 0.15) is 0 Å². The molecule has 4 aliphatic carbocycles. The maximum absolute atomic E-state index is 2.51. The maximum Gasteiger partial charge on any atom is -0.0318 e. The van der Waals surface area contributed by atoms with Crippen molar-refractivity contribution in [3.05, 3.63) is 0 Å². The Labute approximate surface area is 100 Å². The lowest BCUT2D eigenvalue weighted by atomic mass is 9.30. The summed E-state index contributed by atoms with van der Waals surface area (Å²) in [6.07, 6.45) is 9.38. The van der Waals surface area contributed by atoms with Crippen molar-refractivity contribution in [2.75, 3.05) is 0 Å². The van der Waals surface area contributed by atoms with Gasteiger partial charge in [-0.15, -0.1) is 0 Å². The average molecular weight is 218 g/mol. The summed E-state index contributed by atoms with van der Waals surface area (Å²) in [6, 6.07) is 0. The van der Waals surface area contributed by atoms with Crippen LogP contribution in [0.3, 0.4) is 0 Å². The molecule has 0 N–H and O–H groups in total. The summed E-state index contributed by atoms with van der Waals surface area (Å²) in [5.41, 5.74) is 0. The van der Waals surface area contributed by atoms with E-state index in [0.717, 1.165) is 11.8 Å². The zero-order valence-corrected chi connectivity index (χ0v) is 10.9. The largest absolute Gasteiger partial charge is 0.0651 e. The van der Waals surface area contributed by atoms with Crippen molar-refractivity contribution in [2.45, 2.75) is 52.4 Å². The van der Waals surface area contributed by atoms with Gasteiger partial charge in [0.05, 0.1) is 0 Å². The molecule has 3 unspecified atom stereocenters. The van der Waals surface area contributed by atoms with Crippen molar-refractivity contribution < 1.29 is 0 Å². The molecular formula is C16H26. The van der Waals surface area contributed by atoms with Crippen LogP contribution in [0.1, 0.15) is 52.4 Å². The van der Waals surface area contributed by atoms with Crippen LogP contribution in [0.5, 0.6) is 0 Å². The van der Waals surface area contributed by atoms with Gasteiger partial charge in [-0.25, -0.2) is 0 Å². The van der Waals surface area contributed by atoms with Crippen LogP contribution < -0.4 is 0 Å². The lowest BCUT2D eigenvalue weighted by Crippen LogP contribution is -2.69. The molecule has 0 aromatic rings. The predicted molar refractivity (Wildman–Crippen MR) is 67.0 cm³/mol. The molecule has 4 aliphatic rings. The van der Waals surface area contributed by atoms with Crippen molar-refractivity contribution in [2.24, 2.45) is 47.3 Å². The van der Waals surface area contributed by atoms with Gasteiger partial charge in [-0.1, -0.05) is 39.5 Å². The Morgan fingerprint density at radius 1 is 1.00 bits per heavy atom. The standard InChI is InChI=1S/C16H26/c1-3-9(2)11-7-13-14-8-12(10-5-4-6-10)16(14)15(11)13/h9-16H,3-8H2,1-2H3/t9?,11-,12?,13-,14+,15+,16?/m1/s1. The van der Waals surface area contributed by atoms with Gasteiger partial charge in [0.25, 0.3) is 0 Å². The van der Waals surface area contributed by atoms with E-state index in [4.69, 9.17) is 0 Å². The molecule has 0 bridgehead atoms. The van der Waals surface area contributed by atoms with Crippen molar-refractivity contribution in [1.82, 2.24) is 0 Å². The second-order valence-corrected chi connectivity index (χ2v) is 7.36. The number of fused-ring (bicyclic) bond motifs is 4. The third kappa shape index (κ3) is 1.03. The van der Waals surface area contributed by atoms with Crippen LogP contribution in [0.2, 0.25) is 0 Å². The number of rotatable bonds is 3. The van der Waals surface area contributed by atoms with Gasteiger partial charge < -0.3 is 0 Å². The summed E-state index contributed by atoms with van der Waals surface area (Å²) in [5.74, 6) is 9.40. The lowest BCUT2D eigenvalue weighted by Gasteiger charge is -2.75. The van der Waals surface area contributed by atoms with Gasteiger partial charge in [-0.2, -0.15) is 0 Å². The first-order valence-corrected chi connectivity index (χ1v) is 7.81. The van der Waals surface area contributed by atoms with Gasteiger partial charge in [0.2, 0.25) is 0 Å². The monoisotopic (exact) mass is 218 g/mol. The molecule has 7 atom stereocenters. The molecule has 0 spiro atoms. The fourth-order valence-corrected chi connectivity index (χ4v) is 5.71. The molecule has 0 aromatic heterocycles. The molecule has 16 heavy (non-hydrogen) atoms. The first-order valence-electron chi connectivity index (χ1n) is 7.81. The summed E-state index contributed by atoms with van der Waals surface area (Å²) in [5, 5.41) is 0. The third-order valence-electron chi connectivity index (χ3n) is 7.19. The van der Waals surface area contributed by atoms with Crippen molar-refractivity contribution >= 4 is 0 Å². The Morgan fingerprint density at radius 3 is 2.38 bits per heavy atom. The van der Waals surface area contributed by atoms with Crippen LogP contribution in [0.4, 0.5) is 0 Å². The summed E-state index contributed by atoms with van der Waals surface area (Å²) >= 11 is 0. The molecular weight excluding hydrogens is 192 g/mol. The Hall–Kier alpha value is 0. The normalized spacial score (nSPS) is 55.9. The highest BCUT2D eigenvalue weighted by molar-refractivity contribution is 5.16. The van der Waals surface area contributed by atoms with Crippen molar-refractivity contribution in [1.29, 1.82) is 0 Å². The lowest BCUT2D eigenvalue weighted by molar-refractivity contribution is -0.265. The Kier molecular flexibility index (Phi) is 2.04. The van der Waals surface area contributed by atoms with E-state index in [1.165, 1.54) is 41.9 Å². The minimum absolute atomic E-state index is 1.02. The molecule has 0 nitrogen and oxygen atoms in total. The smallest absolute Gasteiger partial charge is 0.0318 e. The van der Waals surface area contributed by atoms with Crippen LogP contribution in [0, 0.1) is 47.3 Å². The van der Waals surface area contributed by atoms with E-state index in [1.54, 1.807) is 32.1 Å². The summed E-state index contributed by atoms with van der Waals surface area (Å²) < 4.78 is 0.